The quantitative estimate of drug-likeness (QED) is 0.684. The lowest BCUT2D eigenvalue weighted by molar-refractivity contribution is -0.544. The number of pyridine rings is 1. The molecule has 0 saturated carbocycles. The number of hydroxylamine groups is 3. The van der Waals surface area contributed by atoms with Crippen molar-refractivity contribution in [3.05, 3.63) is 70.9 Å². The fourth-order valence-corrected chi connectivity index (χ4v) is 2.75. The van der Waals surface area contributed by atoms with Gasteiger partial charge in [0.05, 0.1) is 0 Å². The van der Waals surface area contributed by atoms with E-state index in [9.17, 15) is 14.8 Å². The fourth-order valence-electron chi connectivity index (χ4n) is 2.75. The van der Waals surface area contributed by atoms with Crippen LogP contribution in [0.5, 0.6) is 0 Å². The number of hydrogen-bond acceptors (Lipinski definition) is 4. The van der Waals surface area contributed by atoms with Crippen molar-refractivity contribution >= 4 is 5.71 Å². The molecule has 5 nitrogen and oxygen atoms in total. The average molecular weight is 301 g/mol. The van der Waals surface area contributed by atoms with Gasteiger partial charge < -0.3 is 10.4 Å². The van der Waals surface area contributed by atoms with Gasteiger partial charge in [0.1, 0.15) is 17.1 Å². The molecule has 1 atom stereocenters. The molecule has 6 heteroatoms. The van der Waals surface area contributed by atoms with Crippen LogP contribution in [0.2, 0.25) is 0 Å². The summed E-state index contributed by atoms with van der Waals surface area (Å²) in [7, 11) is 0. The van der Waals surface area contributed by atoms with Crippen LogP contribution < -0.4 is 0 Å². The summed E-state index contributed by atoms with van der Waals surface area (Å²) in [5, 5.41) is 24.2. The van der Waals surface area contributed by atoms with E-state index >= 15 is 0 Å². The predicted molar refractivity (Wildman–Crippen MR) is 78.8 cm³/mol. The highest BCUT2D eigenvalue weighted by Gasteiger charge is 2.53. The molecule has 0 spiro atoms. The van der Waals surface area contributed by atoms with E-state index in [0.29, 0.717) is 17.0 Å². The largest absolute Gasteiger partial charge is 0.622 e. The first kappa shape index (κ1) is 14.6. The van der Waals surface area contributed by atoms with Gasteiger partial charge >= 0.3 is 0 Å². The van der Waals surface area contributed by atoms with Crippen LogP contribution in [0.1, 0.15) is 31.3 Å². The highest BCUT2D eigenvalue weighted by atomic mass is 19.1. The van der Waals surface area contributed by atoms with Crippen molar-refractivity contribution in [2.45, 2.75) is 25.6 Å². The molecule has 3 rings (SSSR count). The number of hydrogen-bond donors (Lipinski definition) is 1. The van der Waals surface area contributed by atoms with Gasteiger partial charge in [0.25, 0.3) is 6.17 Å². The molecule has 1 aromatic heterocycles. The normalized spacial score (nSPS) is 21.4. The third-order valence-corrected chi connectivity index (χ3v) is 3.90. The fraction of sp³-hybridized carbons (Fsp3) is 0.250. The summed E-state index contributed by atoms with van der Waals surface area (Å²) in [6.45, 7) is 3.48. The second kappa shape index (κ2) is 5.15. The van der Waals surface area contributed by atoms with Crippen LogP contribution in [0.3, 0.4) is 0 Å². The SMILES string of the molecule is CC1(C)C(c2ccccn2)=[N+]([O-])C(c2ccc(F)cc2)N1O. The van der Waals surface area contributed by atoms with Crippen molar-refractivity contribution < 1.29 is 14.3 Å². The lowest BCUT2D eigenvalue weighted by atomic mass is 9.96. The molecular weight excluding hydrogens is 285 g/mol. The van der Waals surface area contributed by atoms with Gasteiger partial charge in [0, 0.05) is 11.8 Å². The molecule has 22 heavy (non-hydrogen) atoms. The second-order valence-electron chi connectivity index (χ2n) is 5.72. The minimum Gasteiger partial charge on any atom is -0.622 e. The molecule has 114 valence electrons. The number of nitrogens with zero attached hydrogens (tertiary/aromatic N) is 3. The van der Waals surface area contributed by atoms with E-state index in [-0.39, 0.29) is 0 Å². The number of aromatic nitrogens is 1. The third-order valence-electron chi connectivity index (χ3n) is 3.90. The first-order valence-corrected chi connectivity index (χ1v) is 6.92. The molecule has 0 aliphatic carbocycles. The predicted octanol–water partition coefficient (Wildman–Crippen LogP) is 2.70. The van der Waals surface area contributed by atoms with E-state index in [1.807, 2.05) is 0 Å². The summed E-state index contributed by atoms with van der Waals surface area (Å²) in [6.07, 6.45) is 0.659. The maximum atomic E-state index is 13.1. The molecule has 1 unspecified atom stereocenters. The molecule has 2 aromatic rings. The molecule has 1 aromatic carbocycles. The third kappa shape index (κ3) is 2.17. The van der Waals surface area contributed by atoms with Gasteiger partial charge in [-0.25, -0.2) is 4.39 Å². The Labute approximate surface area is 127 Å². The zero-order chi connectivity index (χ0) is 15.9. The standard InChI is InChI=1S/C16H16FN3O2/c1-16(2)14(13-5-3-4-10-18-13)19(21)15(20(16)22)11-6-8-12(17)9-7-11/h3-10,15,22H,1-2H3. The highest BCUT2D eigenvalue weighted by molar-refractivity contribution is 6.02. The lowest BCUT2D eigenvalue weighted by Gasteiger charge is -2.25. The summed E-state index contributed by atoms with van der Waals surface area (Å²) in [6, 6.07) is 10.8. The van der Waals surface area contributed by atoms with E-state index in [4.69, 9.17) is 0 Å². The van der Waals surface area contributed by atoms with Gasteiger partial charge in [0.15, 0.2) is 0 Å². The Morgan fingerprint density at radius 2 is 1.91 bits per heavy atom. The number of halogens is 1. The summed E-state index contributed by atoms with van der Waals surface area (Å²) >= 11 is 0. The van der Waals surface area contributed by atoms with Crippen LogP contribution >= 0.6 is 0 Å². The van der Waals surface area contributed by atoms with E-state index in [1.165, 1.54) is 24.3 Å². The van der Waals surface area contributed by atoms with Gasteiger partial charge in [-0.2, -0.15) is 4.74 Å². The van der Waals surface area contributed by atoms with Gasteiger partial charge in [-0.3, -0.25) is 4.98 Å². The molecule has 0 bridgehead atoms. The molecule has 1 N–H and O–H groups in total. The van der Waals surface area contributed by atoms with Crippen molar-refractivity contribution in [1.29, 1.82) is 0 Å². The topological polar surface area (TPSA) is 62.4 Å². The molecule has 0 saturated heterocycles. The molecule has 1 aliphatic heterocycles. The van der Waals surface area contributed by atoms with Crippen LogP contribution in [0, 0.1) is 11.0 Å². The Balaban J connectivity index is 2.13. The van der Waals surface area contributed by atoms with Crippen molar-refractivity contribution in [3.8, 4) is 0 Å². The van der Waals surface area contributed by atoms with Crippen LogP contribution in [0.4, 0.5) is 4.39 Å². The zero-order valence-corrected chi connectivity index (χ0v) is 12.3. The van der Waals surface area contributed by atoms with Crippen molar-refractivity contribution in [3.63, 3.8) is 0 Å². The average Bonchev–Trinajstić information content (AvgIpc) is 2.67. The van der Waals surface area contributed by atoms with Crippen molar-refractivity contribution in [2.24, 2.45) is 0 Å². The van der Waals surface area contributed by atoms with Crippen LogP contribution in [-0.4, -0.2) is 31.2 Å². The molecule has 0 amide bonds. The Morgan fingerprint density at radius 1 is 1.23 bits per heavy atom. The summed E-state index contributed by atoms with van der Waals surface area (Å²) in [5.74, 6) is -0.392. The first-order valence-electron chi connectivity index (χ1n) is 6.92. The van der Waals surface area contributed by atoms with Gasteiger partial charge in [0.2, 0.25) is 5.71 Å². The lowest BCUT2D eigenvalue weighted by Crippen LogP contribution is -2.44. The van der Waals surface area contributed by atoms with Crippen LogP contribution in [0.25, 0.3) is 0 Å². The van der Waals surface area contributed by atoms with E-state index in [1.54, 1.807) is 38.2 Å². The molecule has 0 fully saturated rings. The molecule has 1 aliphatic rings. The van der Waals surface area contributed by atoms with Gasteiger partial charge in [-0.1, -0.05) is 6.07 Å². The molecule has 2 heterocycles. The highest BCUT2D eigenvalue weighted by Crippen LogP contribution is 2.36. The van der Waals surface area contributed by atoms with E-state index < -0.39 is 17.5 Å². The maximum absolute atomic E-state index is 13.1. The molecular formula is C16H16FN3O2. The number of rotatable bonds is 2. The Hall–Kier alpha value is -2.31. The van der Waals surface area contributed by atoms with Crippen molar-refractivity contribution in [2.75, 3.05) is 0 Å². The number of benzene rings is 1. The Bertz CT molecular complexity index is 714. The van der Waals surface area contributed by atoms with Crippen molar-refractivity contribution in [1.82, 2.24) is 10.0 Å². The summed E-state index contributed by atoms with van der Waals surface area (Å²) < 4.78 is 13.8. The smallest absolute Gasteiger partial charge is 0.268 e. The van der Waals surface area contributed by atoms with Gasteiger partial charge in [-0.15, -0.1) is 5.06 Å². The summed E-state index contributed by atoms with van der Waals surface area (Å²) in [5.41, 5.74) is 0.462. The maximum Gasteiger partial charge on any atom is 0.268 e. The Kier molecular flexibility index (Phi) is 3.42. The van der Waals surface area contributed by atoms with Crippen LogP contribution in [0.15, 0.2) is 48.7 Å². The van der Waals surface area contributed by atoms with Gasteiger partial charge in [-0.05, 0) is 50.2 Å². The van der Waals surface area contributed by atoms with Crippen LogP contribution in [-0.2, 0) is 0 Å². The molecule has 0 radical (unpaired) electrons. The first-order chi connectivity index (χ1) is 10.4. The van der Waals surface area contributed by atoms with E-state index in [2.05, 4.69) is 4.98 Å². The monoisotopic (exact) mass is 301 g/mol. The Morgan fingerprint density at radius 3 is 2.50 bits per heavy atom. The second-order valence-corrected chi connectivity index (χ2v) is 5.72. The van der Waals surface area contributed by atoms with E-state index in [0.717, 1.165) is 9.80 Å². The zero-order valence-electron chi connectivity index (χ0n) is 12.3. The summed E-state index contributed by atoms with van der Waals surface area (Å²) in [4.78, 5) is 4.21. The minimum atomic E-state index is -0.937. The minimum absolute atomic E-state index is 0.366.